The van der Waals surface area contributed by atoms with Gasteiger partial charge in [0.2, 0.25) is 0 Å². The molecule has 27 heavy (non-hydrogen) atoms. The molecule has 0 saturated carbocycles. The number of rotatable bonds is 3. The molecule has 0 radical (unpaired) electrons. The zero-order chi connectivity index (χ0) is 18.3. The first-order valence-corrected chi connectivity index (χ1v) is 9.63. The first-order chi connectivity index (χ1) is 12.6. The molecular formula is C23H28ClNO2. The summed E-state index contributed by atoms with van der Waals surface area (Å²) in [4.78, 5) is 14.3. The molecule has 0 bridgehead atoms. The predicted octanol–water partition coefficient (Wildman–Crippen LogP) is 4.77. The molecule has 1 saturated heterocycles. The van der Waals surface area contributed by atoms with E-state index in [-0.39, 0.29) is 18.4 Å². The Morgan fingerprint density at radius 3 is 2.56 bits per heavy atom. The van der Waals surface area contributed by atoms with Crippen LogP contribution in [0.3, 0.4) is 0 Å². The Hall–Kier alpha value is -1.84. The zero-order valence-electron chi connectivity index (χ0n) is 16.3. The molecule has 4 rings (SSSR count). The van der Waals surface area contributed by atoms with E-state index >= 15 is 0 Å². The monoisotopic (exact) mass is 385 g/mol. The van der Waals surface area contributed by atoms with Crippen LogP contribution >= 0.6 is 12.4 Å². The second-order valence-electron chi connectivity index (χ2n) is 7.68. The second-order valence-corrected chi connectivity index (χ2v) is 7.68. The fourth-order valence-electron chi connectivity index (χ4n) is 4.96. The maximum atomic E-state index is 11.8. The lowest BCUT2D eigenvalue weighted by atomic mass is 9.78. The number of esters is 1. The topological polar surface area (TPSA) is 29.5 Å². The Kier molecular flexibility index (Phi) is 5.92. The van der Waals surface area contributed by atoms with Gasteiger partial charge in [-0.2, -0.15) is 0 Å². The molecule has 1 aliphatic carbocycles. The highest BCUT2D eigenvalue weighted by atomic mass is 35.5. The van der Waals surface area contributed by atoms with Gasteiger partial charge in [0.1, 0.15) is 0 Å². The first kappa shape index (κ1) is 19.9. The van der Waals surface area contributed by atoms with E-state index in [1.54, 1.807) is 0 Å². The number of carbonyl (C=O) groups is 1. The fourth-order valence-corrected chi connectivity index (χ4v) is 4.96. The Morgan fingerprint density at radius 1 is 1.15 bits per heavy atom. The Labute approximate surface area is 168 Å². The maximum Gasteiger partial charge on any atom is 0.337 e. The third kappa shape index (κ3) is 3.51. The molecule has 2 aliphatic rings. The van der Waals surface area contributed by atoms with Gasteiger partial charge in [0, 0.05) is 18.4 Å². The summed E-state index contributed by atoms with van der Waals surface area (Å²) in [5.41, 5.74) is 6.29. The van der Waals surface area contributed by atoms with Gasteiger partial charge in [-0.1, -0.05) is 42.8 Å². The summed E-state index contributed by atoms with van der Waals surface area (Å²) in [6.45, 7) is 7.91. The second kappa shape index (κ2) is 8.04. The standard InChI is InChI=1S/C23H27NO2.ClH/c1-4-24-12-11-19-21(14-24)18-10-5-15(2)13-20(18)22(19)16-6-8-17(9-7-16)23(25)26-3;/h5-10,13,19,21-22H,4,11-12,14H2,1-3H3;1H/t19-,21-,22+;/m0./s1. The van der Waals surface area contributed by atoms with Crippen LogP contribution in [-0.2, 0) is 4.74 Å². The average Bonchev–Trinajstić information content (AvgIpc) is 2.99. The Bertz CT molecular complexity index is 818. The minimum Gasteiger partial charge on any atom is -0.465 e. The van der Waals surface area contributed by atoms with Crippen LogP contribution in [0.25, 0.3) is 0 Å². The van der Waals surface area contributed by atoms with Crippen molar-refractivity contribution >= 4 is 18.4 Å². The Balaban J connectivity index is 0.00000210. The summed E-state index contributed by atoms with van der Waals surface area (Å²) >= 11 is 0. The van der Waals surface area contributed by atoms with Gasteiger partial charge in [-0.25, -0.2) is 4.79 Å². The van der Waals surface area contributed by atoms with Crippen molar-refractivity contribution in [1.29, 1.82) is 0 Å². The minimum absolute atomic E-state index is 0. The van der Waals surface area contributed by atoms with Crippen molar-refractivity contribution in [2.24, 2.45) is 5.92 Å². The summed E-state index contributed by atoms with van der Waals surface area (Å²) in [5.74, 6) is 1.43. The Morgan fingerprint density at radius 2 is 1.89 bits per heavy atom. The number of likely N-dealkylation sites (tertiary alicyclic amines) is 1. The van der Waals surface area contributed by atoms with Gasteiger partial charge in [0.15, 0.2) is 0 Å². The van der Waals surface area contributed by atoms with Crippen LogP contribution in [0, 0.1) is 12.8 Å². The third-order valence-electron chi connectivity index (χ3n) is 6.29. The van der Waals surface area contributed by atoms with E-state index in [2.05, 4.69) is 49.1 Å². The number of methoxy groups -OCH3 is 1. The van der Waals surface area contributed by atoms with E-state index in [0.29, 0.717) is 23.3 Å². The summed E-state index contributed by atoms with van der Waals surface area (Å²) < 4.78 is 4.84. The van der Waals surface area contributed by atoms with Crippen LogP contribution in [0.5, 0.6) is 0 Å². The van der Waals surface area contributed by atoms with E-state index in [9.17, 15) is 4.79 Å². The van der Waals surface area contributed by atoms with Crippen molar-refractivity contribution < 1.29 is 9.53 Å². The largest absolute Gasteiger partial charge is 0.465 e. The molecule has 2 aromatic rings. The van der Waals surface area contributed by atoms with Gasteiger partial charge in [-0.3, -0.25) is 0 Å². The number of hydrogen-bond donors (Lipinski definition) is 0. The van der Waals surface area contributed by atoms with Crippen LogP contribution in [-0.4, -0.2) is 37.6 Å². The van der Waals surface area contributed by atoms with E-state index in [1.807, 2.05) is 12.1 Å². The molecule has 0 amide bonds. The first-order valence-electron chi connectivity index (χ1n) is 9.63. The number of nitrogens with zero attached hydrogens (tertiary/aromatic N) is 1. The predicted molar refractivity (Wildman–Crippen MR) is 111 cm³/mol. The number of halogens is 1. The van der Waals surface area contributed by atoms with Crippen molar-refractivity contribution in [2.75, 3.05) is 26.7 Å². The summed E-state index contributed by atoms with van der Waals surface area (Å²) in [6.07, 6.45) is 1.23. The summed E-state index contributed by atoms with van der Waals surface area (Å²) in [5, 5.41) is 0. The minimum atomic E-state index is -0.270. The lowest BCUT2D eigenvalue weighted by Gasteiger charge is -2.37. The van der Waals surface area contributed by atoms with Gasteiger partial charge in [0.05, 0.1) is 12.7 Å². The number of hydrogen-bond acceptors (Lipinski definition) is 3. The highest BCUT2D eigenvalue weighted by Gasteiger charge is 2.43. The number of piperidine rings is 1. The van der Waals surface area contributed by atoms with Crippen molar-refractivity contribution in [3.63, 3.8) is 0 Å². The van der Waals surface area contributed by atoms with Crippen molar-refractivity contribution in [3.8, 4) is 0 Å². The number of likely N-dealkylation sites (N-methyl/N-ethyl adjacent to an activating group) is 1. The van der Waals surface area contributed by atoms with Gasteiger partial charge >= 0.3 is 5.97 Å². The normalized spacial score (nSPS) is 23.9. The van der Waals surface area contributed by atoms with Crippen LogP contribution in [0.2, 0.25) is 0 Å². The smallest absolute Gasteiger partial charge is 0.337 e. The fraction of sp³-hybridized carbons (Fsp3) is 0.435. The average molecular weight is 386 g/mol. The SMILES string of the molecule is CCN1CC[C@@H]2[C@@H](c3ccc(C(=O)OC)cc3)c3cc(C)ccc3[C@@H]2C1.Cl. The molecule has 144 valence electrons. The van der Waals surface area contributed by atoms with Crippen molar-refractivity contribution in [1.82, 2.24) is 4.90 Å². The summed E-state index contributed by atoms with van der Waals surface area (Å²) in [6, 6.07) is 15.0. The van der Waals surface area contributed by atoms with Gasteiger partial charge < -0.3 is 9.64 Å². The lowest BCUT2D eigenvalue weighted by Crippen LogP contribution is -2.38. The van der Waals surface area contributed by atoms with Gasteiger partial charge in [0.25, 0.3) is 0 Å². The molecular weight excluding hydrogens is 358 g/mol. The van der Waals surface area contributed by atoms with Gasteiger partial charge in [-0.05, 0) is 61.2 Å². The number of fused-ring (bicyclic) bond motifs is 3. The molecule has 0 unspecified atom stereocenters. The van der Waals surface area contributed by atoms with Gasteiger partial charge in [-0.15, -0.1) is 12.4 Å². The molecule has 1 fully saturated rings. The molecule has 0 spiro atoms. The van der Waals surface area contributed by atoms with E-state index in [4.69, 9.17) is 4.74 Å². The molecule has 0 N–H and O–H groups in total. The van der Waals surface area contributed by atoms with E-state index in [1.165, 1.54) is 42.3 Å². The number of benzene rings is 2. The molecule has 3 atom stereocenters. The molecule has 1 heterocycles. The van der Waals surface area contributed by atoms with E-state index in [0.717, 1.165) is 13.1 Å². The third-order valence-corrected chi connectivity index (χ3v) is 6.29. The molecule has 0 aromatic heterocycles. The number of carbonyl (C=O) groups excluding carboxylic acids is 1. The molecule has 4 heteroatoms. The van der Waals surface area contributed by atoms with Crippen molar-refractivity contribution in [3.05, 3.63) is 70.3 Å². The highest BCUT2D eigenvalue weighted by molar-refractivity contribution is 5.89. The molecule has 1 aliphatic heterocycles. The zero-order valence-corrected chi connectivity index (χ0v) is 17.1. The highest BCUT2D eigenvalue weighted by Crippen LogP contribution is 2.53. The van der Waals surface area contributed by atoms with E-state index < -0.39 is 0 Å². The molecule has 3 nitrogen and oxygen atoms in total. The quantitative estimate of drug-likeness (QED) is 0.712. The lowest BCUT2D eigenvalue weighted by molar-refractivity contribution is 0.0600. The van der Waals surface area contributed by atoms with Crippen LogP contribution < -0.4 is 0 Å². The number of ether oxygens (including phenoxy) is 1. The summed E-state index contributed by atoms with van der Waals surface area (Å²) in [7, 11) is 1.43. The molecule has 2 aromatic carbocycles. The van der Waals surface area contributed by atoms with Crippen LogP contribution in [0.1, 0.15) is 57.8 Å². The van der Waals surface area contributed by atoms with Crippen molar-refractivity contribution in [2.45, 2.75) is 32.1 Å². The number of aryl methyl sites for hydroxylation is 1. The maximum absolute atomic E-state index is 11.8. The van der Waals surface area contributed by atoms with Crippen LogP contribution in [0.15, 0.2) is 42.5 Å². The van der Waals surface area contributed by atoms with Crippen LogP contribution in [0.4, 0.5) is 0 Å².